The Balaban J connectivity index is 2.11. The van der Waals surface area contributed by atoms with Gasteiger partial charge in [0.1, 0.15) is 5.78 Å². The molecule has 0 saturated heterocycles. The topological polar surface area (TPSA) is 54.4 Å². The number of carbonyl (C=O) groups excluding carboxylic acids is 1. The van der Waals surface area contributed by atoms with E-state index < -0.39 is 11.4 Å². The molecule has 0 aromatic carbocycles. The zero-order valence-electron chi connectivity index (χ0n) is 5.91. The summed E-state index contributed by atoms with van der Waals surface area (Å²) in [6, 6.07) is 0. The maximum atomic E-state index is 11.2. The van der Waals surface area contributed by atoms with Crippen LogP contribution in [-0.2, 0) is 9.59 Å². The van der Waals surface area contributed by atoms with E-state index in [4.69, 9.17) is 5.11 Å². The van der Waals surface area contributed by atoms with Crippen molar-refractivity contribution >= 4 is 11.8 Å². The van der Waals surface area contributed by atoms with E-state index in [1.165, 1.54) is 0 Å². The Hall–Kier alpha value is -0.860. The molecule has 0 amide bonds. The Labute approximate surface area is 63.4 Å². The molecule has 1 N–H and O–H groups in total. The Morgan fingerprint density at radius 1 is 1.64 bits per heavy atom. The summed E-state index contributed by atoms with van der Waals surface area (Å²) in [5, 5.41) is 8.88. The van der Waals surface area contributed by atoms with Crippen molar-refractivity contribution in [3.63, 3.8) is 0 Å². The van der Waals surface area contributed by atoms with E-state index >= 15 is 0 Å². The molecule has 4 atom stereocenters. The summed E-state index contributed by atoms with van der Waals surface area (Å²) in [4.78, 5) is 22.0. The van der Waals surface area contributed by atoms with Gasteiger partial charge >= 0.3 is 5.97 Å². The Morgan fingerprint density at radius 3 is 2.55 bits per heavy atom. The Kier molecular flexibility index (Phi) is 0.646. The molecule has 0 aromatic rings. The lowest BCUT2D eigenvalue weighted by atomic mass is 10.1. The normalized spacial score (nSPS) is 56.7. The van der Waals surface area contributed by atoms with Crippen molar-refractivity contribution < 1.29 is 14.7 Å². The largest absolute Gasteiger partial charge is 0.481 e. The van der Waals surface area contributed by atoms with Crippen LogP contribution in [0.5, 0.6) is 0 Å². The molecule has 3 heteroatoms. The average molecular weight is 152 g/mol. The summed E-state index contributed by atoms with van der Waals surface area (Å²) in [7, 11) is 0. The molecule has 0 spiro atoms. The Morgan fingerprint density at radius 2 is 2.36 bits per heavy atom. The molecule has 0 radical (unpaired) electrons. The molecule has 4 bridgehead atoms. The highest BCUT2D eigenvalue weighted by Gasteiger charge is 2.83. The van der Waals surface area contributed by atoms with Crippen LogP contribution in [0.1, 0.15) is 12.8 Å². The molecule has 3 nitrogen and oxygen atoms in total. The fourth-order valence-electron chi connectivity index (χ4n) is 3.24. The van der Waals surface area contributed by atoms with Crippen molar-refractivity contribution in [3.05, 3.63) is 0 Å². The van der Waals surface area contributed by atoms with Gasteiger partial charge < -0.3 is 5.11 Å². The van der Waals surface area contributed by atoms with Crippen LogP contribution in [0.25, 0.3) is 0 Å². The SMILES string of the molecule is O=C1[C@H]2C[C@@H]3[C@@H]1[C@@]3(C(=O)O)C2. The molecular weight excluding hydrogens is 144 g/mol. The van der Waals surface area contributed by atoms with Crippen LogP contribution in [0, 0.1) is 23.2 Å². The summed E-state index contributed by atoms with van der Waals surface area (Å²) >= 11 is 0. The minimum absolute atomic E-state index is 0.0787. The second-order valence-corrected chi connectivity index (χ2v) is 3.97. The summed E-state index contributed by atoms with van der Waals surface area (Å²) in [6.07, 6.45) is 1.49. The first kappa shape index (κ1) is 5.75. The first-order valence-electron chi connectivity index (χ1n) is 3.95. The van der Waals surface area contributed by atoms with E-state index in [0.29, 0.717) is 6.42 Å². The quantitative estimate of drug-likeness (QED) is 0.587. The van der Waals surface area contributed by atoms with Crippen molar-refractivity contribution in [2.45, 2.75) is 12.8 Å². The highest BCUT2D eigenvalue weighted by molar-refractivity contribution is 6.02. The van der Waals surface area contributed by atoms with Crippen LogP contribution in [0.3, 0.4) is 0 Å². The molecule has 4 saturated carbocycles. The number of carboxylic acids is 1. The summed E-state index contributed by atoms with van der Waals surface area (Å²) < 4.78 is 0. The van der Waals surface area contributed by atoms with Gasteiger partial charge in [-0.25, -0.2) is 0 Å². The molecule has 0 heterocycles. The summed E-state index contributed by atoms with van der Waals surface area (Å²) in [5.41, 5.74) is -0.568. The zero-order valence-corrected chi connectivity index (χ0v) is 5.91. The van der Waals surface area contributed by atoms with Crippen LogP contribution < -0.4 is 0 Å². The van der Waals surface area contributed by atoms with Crippen molar-refractivity contribution in [3.8, 4) is 0 Å². The van der Waals surface area contributed by atoms with Crippen molar-refractivity contribution in [1.82, 2.24) is 0 Å². The average Bonchev–Trinajstić information content (AvgIpc) is 2.32. The second-order valence-electron chi connectivity index (χ2n) is 3.97. The lowest BCUT2D eigenvalue weighted by Gasteiger charge is -2.00. The van der Waals surface area contributed by atoms with Gasteiger partial charge in [0.25, 0.3) is 0 Å². The summed E-state index contributed by atoms with van der Waals surface area (Å²) in [6.45, 7) is 0. The van der Waals surface area contributed by atoms with Crippen LogP contribution in [0.15, 0.2) is 0 Å². The van der Waals surface area contributed by atoms with Crippen molar-refractivity contribution in [2.75, 3.05) is 0 Å². The standard InChI is InChI=1S/C8H8O3/c9-6-3-1-4-5(6)8(4,2-3)7(10)11/h3-5H,1-2H2,(H,10,11)/t3-,4+,5-,8+/m0/s1. The number of carboxylic acid groups (broad SMARTS) is 1. The van der Waals surface area contributed by atoms with Gasteiger partial charge in [0.05, 0.1) is 5.41 Å². The van der Waals surface area contributed by atoms with Crippen molar-refractivity contribution in [2.24, 2.45) is 23.2 Å². The Bertz CT molecular complexity index is 283. The zero-order chi connectivity index (χ0) is 7.80. The third-order valence-electron chi connectivity index (χ3n) is 3.74. The third-order valence-corrected chi connectivity index (χ3v) is 3.74. The maximum absolute atomic E-state index is 11.2. The van der Waals surface area contributed by atoms with Gasteiger partial charge in [-0.3, -0.25) is 9.59 Å². The summed E-state index contributed by atoms with van der Waals surface area (Å²) in [5.74, 6) is -0.248. The molecule has 11 heavy (non-hydrogen) atoms. The van der Waals surface area contributed by atoms with Crippen LogP contribution >= 0.6 is 0 Å². The van der Waals surface area contributed by atoms with Gasteiger partial charge in [0.2, 0.25) is 0 Å². The lowest BCUT2D eigenvalue weighted by molar-refractivity contribution is -0.144. The fraction of sp³-hybridized carbons (Fsp3) is 0.750. The van der Waals surface area contributed by atoms with Gasteiger partial charge in [-0.1, -0.05) is 0 Å². The molecule has 0 unspecified atom stereocenters. The lowest BCUT2D eigenvalue weighted by Crippen LogP contribution is -2.14. The molecule has 4 aliphatic carbocycles. The number of ketones is 1. The van der Waals surface area contributed by atoms with Crippen LogP contribution in [0.4, 0.5) is 0 Å². The van der Waals surface area contributed by atoms with Crippen LogP contribution in [-0.4, -0.2) is 16.9 Å². The van der Waals surface area contributed by atoms with Gasteiger partial charge in [-0.15, -0.1) is 0 Å². The number of Topliss-reactive ketones (excluding diaryl/α,β-unsaturated/α-hetero) is 1. The highest BCUT2D eigenvalue weighted by Crippen LogP contribution is 2.77. The number of hydrogen-bond donors (Lipinski definition) is 1. The molecule has 0 aromatic heterocycles. The highest BCUT2D eigenvalue weighted by atomic mass is 16.4. The fourth-order valence-corrected chi connectivity index (χ4v) is 3.24. The van der Waals surface area contributed by atoms with E-state index in [1.807, 2.05) is 0 Å². The van der Waals surface area contributed by atoms with Gasteiger partial charge in [-0.05, 0) is 18.8 Å². The molecule has 4 fully saturated rings. The monoisotopic (exact) mass is 152 g/mol. The maximum Gasteiger partial charge on any atom is 0.310 e. The minimum Gasteiger partial charge on any atom is -0.481 e. The first-order valence-corrected chi connectivity index (χ1v) is 3.95. The predicted octanol–water partition coefficient (Wildman–Crippen LogP) is 0.296. The van der Waals surface area contributed by atoms with E-state index in [2.05, 4.69) is 0 Å². The van der Waals surface area contributed by atoms with E-state index in [-0.39, 0.29) is 23.5 Å². The number of rotatable bonds is 1. The van der Waals surface area contributed by atoms with Crippen molar-refractivity contribution in [1.29, 1.82) is 0 Å². The first-order chi connectivity index (χ1) is 5.18. The number of aliphatic carboxylic acids is 1. The molecule has 4 rings (SSSR count). The number of carbonyl (C=O) groups is 2. The van der Waals surface area contributed by atoms with E-state index in [0.717, 1.165) is 6.42 Å². The molecule has 0 aliphatic heterocycles. The smallest absolute Gasteiger partial charge is 0.310 e. The minimum atomic E-state index is -0.735. The second kappa shape index (κ2) is 1.24. The molecular formula is C8H8O3. The van der Waals surface area contributed by atoms with Gasteiger partial charge in [-0.2, -0.15) is 0 Å². The van der Waals surface area contributed by atoms with Gasteiger partial charge in [0, 0.05) is 11.8 Å². The molecule has 58 valence electrons. The van der Waals surface area contributed by atoms with Gasteiger partial charge in [0.15, 0.2) is 0 Å². The number of hydrogen-bond acceptors (Lipinski definition) is 2. The van der Waals surface area contributed by atoms with E-state index in [9.17, 15) is 9.59 Å². The predicted molar refractivity (Wildman–Crippen MR) is 34.8 cm³/mol. The van der Waals surface area contributed by atoms with E-state index in [1.54, 1.807) is 0 Å². The van der Waals surface area contributed by atoms with Crippen LogP contribution in [0.2, 0.25) is 0 Å². The molecule has 4 aliphatic rings. The third kappa shape index (κ3) is 0.357.